The van der Waals surface area contributed by atoms with Crippen LogP contribution in [0.15, 0.2) is 12.2 Å². The lowest BCUT2D eigenvalue weighted by molar-refractivity contribution is 0.190. The summed E-state index contributed by atoms with van der Waals surface area (Å²) in [6, 6.07) is 0. The highest BCUT2D eigenvalue weighted by atomic mass is 28.4. The standard InChI is InChI=1S/C18H38O2Si/c1-5-7-9-10-11-12-13-14-15-16-18-20-21(3,4)19-17-8-6-2/h6,8H,5,7,9-18H2,1-4H3/b8-6+. The molecule has 0 aromatic heterocycles. The van der Waals surface area contributed by atoms with Crippen molar-refractivity contribution in [2.24, 2.45) is 0 Å². The van der Waals surface area contributed by atoms with Crippen molar-refractivity contribution in [2.45, 2.75) is 91.1 Å². The van der Waals surface area contributed by atoms with Crippen LogP contribution in [0.1, 0.15) is 78.1 Å². The maximum Gasteiger partial charge on any atom is 0.331 e. The van der Waals surface area contributed by atoms with Crippen molar-refractivity contribution < 1.29 is 8.85 Å². The fourth-order valence-electron chi connectivity index (χ4n) is 2.29. The highest BCUT2D eigenvalue weighted by molar-refractivity contribution is 6.64. The molecule has 0 aromatic rings. The van der Waals surface area contributed by atoms with Crippen molar-refractivity contribution in [1.82, 2.24) is 0 Å². The Labute approximate surface area is 134 Å². The minimum Gasteiger partial charge on any atom is -0.395 e. The Hall–Kier alpha value is -0.123. The lowest BCUT2D eigenvalue weighted by Gasteiger charge is -2.22. The molecule has 0 spiro atoms. The van der Waals surface area contributed by atoms with Crippen molar-refractivity contribution in [2.75, 3.05) is 13.2 Å². The molecule has 0 N–H and O–H groups in total. The van der Waals surface area contributed by atoms with E-state index in [9.17, 15) is 0 Å². The first-order chi connectivity index (χ1) is 10.1. The van der Waals surface area contributed by atoms with Crippen molar-refractivity contribution in [3.05, 3.63) is 12.2 Å². The molecule has 126 valence electrons. The van der Waals surface area contributed by atoms with Gasteiger partial charge in [-0.05, 0) is 26.4 Å². The van der Waals surface area contributed by atoms with Gasteiger partial charge in [-0.15, -0.1) is 0 Å². The van der Waals surface area contributed by atoms with Gasteiger partial charge < -0.3 is 8.85 Å². The van der Waals surface area contributed by atoms with Crippen LogP contribution in [0.5, 0.6) is 0 Å². The highest BCUT2D eigenvalue weighted by Gasteiger charge is 2.23. The molecule has 3 heteroatoms. The van der Waals surface area contributed by atoms with E-state index in [-0.39, 0.29) is 0 Å². The monoisotopic (exact) mass is 314 g/mol. The summed E-state index contributed by atoms with van der Waals surface area (Å²) in [7, 11) is -1.89. The van der Waals surface area contributed by atoms with Crippen LogP contribution in [0, 0.1) is 0 Å². The van der Waals surface area contributed by atoms with E-state index in [1.165, 1.54) is 64.2 Å². The summed E-state index contributed by atoms with van der Waals surface area (Å²) in [5, 5.41) is 0. The topological polar surface area (TPSA) is 18.5 Å². The van der Waals surface area contributed by atoms with E-state index in [0.29, 0.717) is 6.61 Å². The van der Waals surface area contributed by atoms with Gasteiger partial charge in [0.05, 0.1) is 6.61 Å². The van der Waals surface area contributed by atoms with Crippen LogP contribution >= 0.6 is 0 Å². The highest BCUT2D eigenvalue weighted by Crippen LogP contribution is 2.12. The maximum atomic E-state index is 5.93. The van der Waals surface area contributed by atoms with Crippen molar-refractivity contribution in [3.8, 4) is 0 Å². The summed E-state index contributed by atoms with van der Waals surface area (Å²) in [5.74, 6) is 0. The molecule has 0 bridgehead atoms. The molecular formula is C18H38O2Si. The van der Waals surface area contributed by atoms with Gasteiger partial charge in [0.25, 0.3) is 0 Å². The smallest absolute Gasteiger partial charge is 0.331 e. The van der Waals surface area contributed by atoms with Gasteiger partial charge in [-0.25, -0.2) is 0 Å². The van der Waals surface area contributed by atoms with E-state index < -0.39 is 8.56 Å². The Morgan fingerprint density at radius 3 is 1.81 bits per heavy atom. The molecule has 0 radical (unpaired) electrons. The molecule has 0 amide bonds. The second kappa shape index (κ2) is 14.8. The van der Waals surface area contributed by atoms with Gasteiger partial charge in [-0.1, -0.05) is 76.9 Å². The number of hydrogen-bond acceptors (Lipinski definition) is 2. The third kappa shape index (κ3) is 16.1. The van der Waals surface area contributed by atoms with Crippen molar-refractivity contribution in [1.29, 1.82) is 0 Å². The number of rotatable bonds is 15. The zero-order valence-corrected chi connectivity index (χ0v) is 16.0. The fourth-order valence-corrected chi connectivity index (χ4v) is 3.51. The van der Waals surface area contributed by atoms with Crippen LogP contribution < -0.4 is 0 Å². The average molecular weight is 315 g/mol. The van der Waals surface area contributed by atoms with E-state index in [2.05, 4.69) is 20.0 Å². The zero-order valence-electron chi connectivity index (χ0n) is 15.0. The second-order valence-corrected chi connectivity index (χ2v) is 9.69. The summed E-state index contributed by atoms with van der Waals surface area (Å²) in [6.07, 6.45) is 17.7. The summed E-state index contributed by atoms with van der Waals surface area (Å²) in [4.78, 5) is 0. The molecule has 0 atom stereocenters. The molecule has 0 rings (SSSR count). The van der Waals surface area contributed by atoms with Crippen LogP contribution in [-0.4, -0.2) is 21.8 Å². The molecule has 2 nitrogen and oxygen atoms in total. The van der Waals surface area contributed by atoms with Gasteiger partial charge in [-0.3, -0.25) is 0 Å². The fraction of sp³-hybridized carbons (Fsp3) is 0.889. The van der Waals surface area contributed by atoms with E-state index in [4.69, 9.17) is 8.85 Å². The van der Waals surface area contributed by atoms with Crippen LogP contribution in [0.2, 0.25) is 13.1 Å². The van der Waals surface area contributed by atoms with Gasteiger partial charge in [0.1, 0.15) is 0 Å². The van der Waals surface area contributed by atoms with Crippen LogP contribution in [0.25, 0.3) is 0 Å². The van der Waals surface area contributed by atoms with Gasteiger partial charge in [0.2, 0.25) is 0 Å². The molecule has 0 saturated heterocycles. The van der Waals surface area contributed by atoms with Crippen molar-refractivity contribution >= 4 is 8.56 Å². The van der Waals surface area contributed by atoms with Gasteiger partial charge in [0.15, 0.2) is 0 Å². The van der Waals surface area contributed by atoms with E-state index in [0.717, 1.165) is 6.61 Å². The Kier molecular flexibility index (Phi) is 14.7. The molecule has 0 unspecified atom stereocenters. The molecule has 0 saturated carbocycles. The van der Waals surface area contributed by atoms with Crippen LogP contribution in [0.4, 0.5) is 0 Å². The zero-order chi connectivity index (χ0) is 15.8. The predicted octanol–water partition coefficient (Wildman–Crippen LogP) is 6.22. The van der Waals surface area contributed by atoms with E-state index in [1.807, 2.05) is 19.1 Å². The third-order valence-corrected chi connectivity index (χ3v) is 5.47. The summed E-state index contributed by atoms with van der Waals surface area (Å²) >= 11 is 0. The Balaban J connectivity index is 3.27. The van der Waals surface area contributed by atoms with Gasteiger partial charge >= 0.3 is 8.56 Å². The number of allylic oxidation sites excluding steroid dienone is 1. The molecule has 0 aromatic carbocycles. The molecule has 0 heterocycles. The largest absolute Gasteiger partial charge is 0.395 e. The molecule has 21 heavy (non-hydrogen) atoms. The first-order valence-corrected chi connectivity index (χ1v) is 11.8. The summed E-state index contributed by atoms with van der Waals surface area (Å²) < 4.78 is 11.7. The quantitative estimate of drug-likeness (QED) is 0.203. The van der Waals surface area contributed by atoms with Gasteiger partial charge in [0, 0.05) is 6.61 Å². The lowest BCUT2D eigenvalue weighted by atomic mass is 10.1. The number of hydrogen-bond donors (Lipinski definition) is 0. The van der Waals surface area contributed by atoms with E-state index in [1.54, 1.807) is 0 Å². The number of unbranched alkanes of at least 4 members (excludes halogenated alkanes) is 9. The molecule has 0 aliphatic rings. The van der Waals surface area contributed by atoms with E-state index >= 15 is 0 Å². The SMILES string of the molecule is C/C=C/CO[Si](C)(C)OCCCCCCCCCCCC. The Bertz CT molecular complexity index is 239. The Morgan fingerprint density at radius 1 is 0.762 bits per heavy atom. The van der Waals surface area contributed by atoms with Crippen LogP contribution in [-0.2, 0) is 8.85 Å². The minimum absolute atomic E-state index is 0.688. The minimum atomic E-state index is -1.89. The first kappa shape index (κ1) is 20.9. The van der Waals surface area contributed by atoms with Crippen LogP contribution in [0.3, 0.4) is 0 Å². The lowest BCUT2D eigenvalue weighted by Crippen LogP contribution is -2.35. The molecule has 0 fully saturated rings. The molecule has 0 aliphatic carbocycles. The maximum absolute atomic E-state index is 5.93. The second-order valence-electron chi connectivity index (χ2n) is 6.31. The Morgan fingerprint density at radius 2 is 1.29 bits per heavy atom. The predicted molar refractivity (Wildman–Crippen MR) is 96.0 cm³/mol. The molecule has 0 aliphatic heterocycles. The average Bonchev–Trinajstić information content (AvgIpc) is 2.45. The molecular weight excluding hydrogens is 276 g/mol. The normalized spacial score (nSPS) is 12.4. The summed E-state index contributed by atoms with van der Waals surface area (Å²) in [6.45, 7) is 10.1. The third-order valence-electron chi connectivity index (χ3n) is 3.71. The van der Waals surface area contributed by atoms with Crippen molar-refractivity contribution in [3.63, 3.8) is 0 Å². The summed E-state index contributed by atoms with van der Waals surface area (Å²) in [5.41, 5.74) is 0. The van der Waals surface area contributed by atoms with Gasteiger partial charge in [-0.2, -0.15) is 0 Å². The first-order valence-electron chi connectivity index (χ1n) is 9.01.